The molecule has 1 saturated carbocycles. The van der Waals surface area contributed by atoms with Gasteiger partial charge in [-0.3, -0.25) is 0 Å². The molecule has 0 atom stereocenters. The van der Waals surface area contributed by atoms with Gasteiger partial charge < -0.3 is 5.11 Å². The molecule has 0 spiro atoms. The largest absolute Gasteiger partial charge is 0.508 e. The van der Waals surface area contributed by atoms with Crippen molar-refractivity contribution in [2.24, 2.45) is 4.99 Å². The molecule has 0 unspecified atom stereocenters. The third kappa shape index (κ3) is 1.97. The van der Waals surface area contributed by atoms with Crippen LogP contribution in [-0.2, 0) is 10.3 Å². The number of phenols is 1. The lowest BCUT2D eigenvalue weighted by molar-refractivity contribution is 0.248. The number of hydrogen-bond acceptors (Lipinski definition) is 3. The predicted molar refractivity (Wildman–Crippen MR) is 77.0 cm³/mol. The molecule has 3 rings (SSSR count). The molecule has 96 valence electrons. The summed E-state index contributed by atoms with van der Waals surface area (Å²) in [5, 5.41) is 12.2. The Morgan fingerprint density at radius 1 is 1.21 bits per heavy atom. The van der Waals surface area contributed by atoms with E-state index in [0.717, 1.165) is 40.1 Å². The van der Waals surface area contributed by atoms with Crippen LogP contribution in [-0.4, -0.2) is 11.2 Å². The maximum absolute atomic E-state index is 10.6. The van der Waals surface area contributed by atoms with Crippen LogP contribution in [0.2, 0.25) is 0 Å². The Bertz CT molecular complexity index is 701. The van der Waals surface area contributed by atoms with Crippen LogP contribution in [0.25, 0.3) is 10.8 Å². The number of fused-ring (bicyclic) bond motifs is 1. The number of isocyanates is 1. The summed E-state index contributed by atoms with van der Waals surface area (Å²) in [5.41, 5.74) is 0.162. The first kappa shape index (κ1) is 12.4. The lowest BCUT2D eigenvalue weighted by Crippen LogP contribution is -2.31. The summed E-state index contributed by atoms with van der Waals surface area (Å²) in [4.78, 5) is 14.6. The number of rotatable bonds is 2. The summed E-state index contributed by atoms with van der Waals surface area (Å²) in [7, 11) is 0. The van der Waals surface area contributed by atoms with Gasteiger partial charge in [-0.05, 0) is 54.3 Å². The van der Waals surface area contributed by atoms with Gasteiger partial charge in [0.15, 0.2) is 0 Å². The summed E-state index contributed by atoms with van der Waals surface area (Å²) in [6.45, 7) is 0. The first-order valence-electron chi connectivity index (χ1n) is 6.16. The molecule has 3 nitrogen and oxygen atoms in total. The molecule has 0 bridgehead atoms. The van der Waals surface area contributed by atoms with Crippen LogP contribution in [0, 0.1) is 0 Å². The van der Waals surface area contributed by atoms with Crippen LogP contribution < -0.4 is 0 Å². The Balaban J connectivity index is 2.23. The molecule has 0 aliphatic heterocycles. The summed E-state index contributed by atoms with van der Waals surface area (Å²) in [6, 6.07) is 9.53. The average Bonchev–Trinajstić information content (AvgIpc) is 2.34. The first-order valence-corrected chi connectivity index (χ1v) is 6.96. The number of phenolic OH excluding ortho intramolecular Hbond substituents is 1. The molecular formula is C15H12BrNO2. The number of aromatic hydroxyl groups is 1. The molecule has 0 saturated heterocycles. The fourth-order valence-corrected chi connectivity index (χ4v) is 3.05. The highest BCUT2D eigenvalue weighted by Gasteiger charge is 2.40. The van der Waals surface area contributed by atoms with Crippen molar-refractivity contribution in [1.29, 1.82) is 0 Å². The van der Waals surface area contributed by atoms with E-state index in [9.17, 15) is 9.90 Å². The Labute approximate surface area is 119 Å². The number of halogens is 1. The quantitative estimate of drug-likeness (QED) is 0.671. The molecule has 0 aromatic heterocycles. The summed E-state index contributed by atoms with van der Waals surface area (Å²) in [6.07, 6.45) is 4.24. The minimum atomic E-state index is -0.567. The Morgan fingerprint density at radius 3 is 2.63 bits per heavy atom. The molecule has 0 heterocycles. The first-order chi connectivity index (χ1) is 9.14. The van der Waals surface area contributed by atoms with Crippen LogP contribution in [0.3, 0.4) is 0 Å². The third-order valence-corrected chi connectivity index (χ3v) is 4.35. The zero-order valence-electron chi connectivity index (χ0n) is 10.2. The number of hydrogen-bond donors (Lipinski definition) is 1. The summed E-state index contributed by atoms with van der Waals surface area (Å²) >= 11 is 3.44. The average molecular weight is 318 g/mol. The Kier molecular flexibility index (Phi) is 2.92. The lowest BCUT2D eigenvalue weighted by atomic mass is 9.71. The normalized spacial score (nSPS) is 16.7. The van der Waals surface area contributed by atoms with Crippen LogP contribution in [0.5, 0.6) is 5.75 Å². The molecule has 19 heavy (non-hydrogen) atoms. The van der Waals surface area contributed by atoms with Crippen molar-refractivity contribution in [2.75, 3.05) is 0 Å². The zero-order valence-corrected chi connectivity index (χ0v) is 11.8. The highest BCUT2D eigenvalue weighted by molar-refractivity contribution is 9.10. The van der Waals surface area contributed by atoms with E-state index < -0.39 is 5.54 Å². The lowest BCUT2D eigenvalue weighted by Gasteiger charge is -2.37. The number of nitrogens with zero attached hydrogens (tertiary/aromatic N) is 1. The molecule has 1 aliphatic rings. The maximum atomic E-state index is 10.6. The standard InChI is InChI=1S/C15H12BrNO2/c16-12-3-2-10-8-14(19)13(7-11(10)6-12)15(17-9-18)4-1-5-15/h2-3,6-8,19H,1,4-5H2. The second-order valence-corrected chi connectivity index (χ2v) is 5.86. The van der Waals surface area contributed by atoms with Crippen molar-refractivity contribution in [3.63, 3.8) is 0 Å². The van der Waals surface area contributed by atoms with E-state index in [1.54, 1.807) is 12.1 Å². The van der Waals surface area contributed by atoms with Crippen LogP contribution in [0.15, 0.2) is 39.8 Å². The van der Waals surface area contributed by atoms with Crippen LogP contribution in [0.1, 0.15) is 24.8 Å². The SMILES string of the molecule is O=C=NC1(c2cc3cc(Br)ccc3cc2O)CCC1. The summed E-state index contributed by atoms with van der Waals surface area (Å²) in [5.74, 6) is 0.202. The van der Waals surface area contributed by atoms with E-state index in [0.29, 0.717) is 0 Å². The molecule has 1 N–H and O–H groups in total. The van der Waals surface area contributed by atoms with E-state index in [1.165, 1.54) is 0 Å². The second-order valence-electron chi connectivity index (χ2n) is 4.95. The van der Waals surface area contributed by atoms with Crippen molar-refractivity contribution < 1.29 is 9.90 Å². The number of carbonyl (C=O) groups excluding carboxylic acids is 1. The van der Waals surface area contributed by atoms with Crippen molar-refractivity contribution in [3.05, 3.63) is 40.4 Å². The van der Waals surface area contributed by atoms with E-state index >= 15 is 0 Å². The van der Waals surface area contributed by atoms with E-state index in [4.69, 9.17) is 0 Å². The number of benzene rings is 2. The minimum Gasteiger partial charge on any atom is -0.508 e. The van der Waals surface area contributed by atoms with Crippen LogP contribution >= 0.6 is 15.9 Å². The van der Waals surface area contributed by atoms with Gasteiger partial charge in [-0.15, -0.1) is 0 Å². The zero-order chi connectivity index (χ0) is 13.5. The Hall–Kier alpha value is -1.64. The van der Waals surface area contributed by atoms with E-state index in [-0.39, 0.29) is 5.75 Å². The van der Waals surface area contributed by atoms with Gasteiger partial charge in [0.25, 0.3) is 0 Å². The molecule has 1 fully saturated rings. The van der Waals surface area contributed by atoms with Gasteiger partial charge in [-0.2, -0.15) is 4.99 Å². The molecule has 2 aromatic carbocycles. The number of aliphatic imine (C=N–C) groups is 1. The fraction of sp³-hybridized carbons (Fsp3) is 0.267. The second kappa shape index (κ2) is 4.48. The van der Waals surface area contributed by atoms with Crippen molar-refractivity contribution in [3.8, 4) is 5.75 Å². The highest BCUT2D eigenvalue weighted by atomic mass is 79.9. The van der Waals surface area contributed by atoms with E-state index in [1.807, 2.05) is 24.3 Å². The minimum absolute atomic E-state index is 0.202. The monoisotopic (exact) mass is 317 g/mol. The Morgan fingerprint density at radius 2 is 2.00 bits per heavy atom. The van der Waals surface area contributed by atoms with Gasteiger partial charge in [0.05, 0.1) is 0 Å². The predicted octanol–water partition coefficient (Wildman–Crippen LogP) is 4.02. The maximum Gasteiger partial charge on any atom is 0.235 e. The molecule has 0 amide bonds. The molecule has 0 radical (unpaired) electrons. The van der Waals surface area contributed by atoms with E-state index in [2.05, 4.69) is 20.9 Å². The fourth-order valence-electron chi connectivity index (χ4n) is 2.67. The van der Waals surface area contributed by atoms with Gasteiger partial charge in [-0.1, -0.05) is 22.0 Å². The van der Waals surface area contributed by atoms with Crippen molar-refractivity contribution in [1.82, 2.24) is 0 Å². The van der Waals surface area contributed by atoms with Gasteiger partial charge in [0.1, 0.15) is 11.3 Å². The van der Waals surface area contributed by atoms with Gasteiger partial charge in [0.2, 0.25) is 6.08 Å². The van der Waals surface area contributed by atoms with Crippen molar-refractivity contribution in [2.45, 2.75) is 24.8 Å². The molecule has 4 heteroatoms. The molecular weight excluding hydrogens is 306 g/mol. The van der Waals surface area contributed by atoms with Gasteiger partial charge in [0, 0.05) is 10.0 Å². The molecule has 1 aliphatic carbocycles. The third-order valence-electron chi connectivity index (χ3n) is 3.86. The smallest absolute Gasteiger partial charge is 0.235 e. The van der Waals surface area contributed by atoms with Gasteiger partial charge >= 0.3 is 0 Å². The summed E-state index contributed by atoms with van der Waals surface area (Å²) < 4.78 is 0.984. The van der Waals surface area contributed by atoms with Crippen LogP contribution in [0.4, 0.5) is 0 Å². The topological polar surface area (TPSA) is 49.7 Å². The van der Waals surface area contributed by atoms with Gasteiger partial charge in [-0.25, -0.2) is 4.79 Å². The van der Waals surface area contributed by atoms with Crippen molar-refractivity contribution >= 4 is 32.8 Å². The molecule has 2 aromatic rings. The highest BCUT2D eigenvalue weighted by Crippen LogP contribution is 2.48.